The Balaban J connectivity index is 2.50. The molecule has 2 nitrogen and oxygen atoms in total. The van der Waals surface area contributed by atoms with Crippen LogP contribution in [0.25, 0.3) is 6.08 Å². The van der Waals surface area contributed by atoms with Gasteiger partial charge in [0.1, 0.15) is 0 Å². The Labute approximate surface area is 129 Å². The second-order valence-corrected chi connectivity index (χ2v) is 5.16. The van der Waals surface area contributed by atoms with Gasteiger partial charge in [0, 0.05) is 19.2 Å². The maximum absolute atomic E-state index is 12.2. The summed E-state index contributed by atoms with van der Waals surface area (Å²) < 4.78 is 0. The molecule has 0 bridgehead atoms. The lowest BCUT2D eigenvalue weighted by molar-refractivity contribution is -0.126. The molecule has 0 aliphatic heterocycles. The van der Waals surface area contributed by atoms with Crippen molar-refractivity contribution in [1.29, 1.82) is 0 Å². The Morgan fingerprint density at radius 2 is 1.62 bits per heavy atom. The normalized spacial score (nSPS) is 11.3. The highest BCUT2D eigenvalue weighted by molar-refractivity contribution is 5.88. The van der Waals surface area contributed by atoms with Crippen LogP contribution in [0.4, 0.5) is 0 Å². The lowest BCUT2D eigenvalue weighted by Crippen LogP contribution is -2.31. The molecule has 0 radical (unpaired) electrons. The van der Waals surface area contributed by atoms with Crippen LogP contribution in [0.2, 0.25) is 0 Å². The lowest BCUT2D eigenvalue weighted by Gasteiger charge is -2.20. The van der Waals surface area contributed by atoms with Gasteiger partial charge in [0.25, 0.3) is 0 Å². The highest BCUT2D eigenvalue weighted by Crippen LogP contribution is 2.03. The highest BCUT2D eigenvalue weighted by atomic mass is 16.2. The van der Waals surface area contributed by atoms with E-state index in [1.54, 1.807) is 6.08 Å². The molecule has 0 fully saturated rings. The van der Waals surface area contributed by atoms with Gasteiger partial charge >= 0.3 is 0 Å². The van der Waals surface area contributed by atoms with Crippen molar-refractivity contribution in [2.45, 2.75) is 39.5 Å². The number of amides is 1. The Hall–Kier alpha value is -1.83. The second kappa shape index (κ2) is 10.9. The molecule has 0 heterocycles. The minimum Gasteiger partial charge on any atom is -0.339 e. The maximum atomic E-state index is 12.2. The summed E-state index contributed by atoms with van der Waals surface area (Å²) in [4.78, 5) is 14.1. The number of nitrogens with zero attached hydrogens (tertiary/aromatic N) is 1. The fourth-order valence-corrected chi connectivity index (χ4v) is 2.00. The van der Waals surface area contributed by atoms with Crippen LogP contribution in [0, 0.1) is 0 Å². The molecule has 1 aromatic rings. The van der Waals surface area contributed by atoms with E-state index in [0.29, 0.717) is 0 Å². The summed E-state index contributed by atoms with van der Waals surface area (Å²) >= 11 is 0. The van der Waals surface area contributed by atoms with Crippen molar-refractivity contribution < 1.29 is 4.79 Å². The van der Waals surface area contributed by atoms with Crippen molar-refractivity contribution in [2.24, 2.45) is 0 Å². The molecule has 1 aromatic carbocycles. The quantitative estimate of drug-likeness (QED) is 0.476. The monoisotopic (exact) mass is 285 g/mol. The van der Waals surface area contributed by atoms with Crippen molar-refractivity contribution in [1.82, 2.24) is 4.90 Å². The van der Waals surface area contributed by atoms with Crippen LogP contribution < -0.4 is 0 Å². The van der Waals surface area contributed by atoms with Crippen LogP contribution in [-0.4, -0.2) is 23.9 Å². The van der Waals surface area contributed by atoms with Gasteiger partial charge in [-0.1, -0.05) is 75.2 Å². The first-order chi connectivity index (χ1) is 10.3. The molecule has 0 saturated heterocycles. The summed E-state index contributed by atoms with van der Waals surface area (Å²) in [5.74, 6) is 0.120. The van der Waals surface area contributed by atoms with Gasteiger partial charge in [-0.05, 0) is 18.4 Å². The zero-order chi connectivity index (χ0) is 15.3. The number of rotatable bonds is 9. The van der Waals surface area contributed by atoms with Crippen LogP contribution in [0.15, 0.2) is 48.6 Å². The van der Waals surface area contributed by atoms with Crippen LogP contribution in [0.3, 0.4) is 0 Å². The SMILES string of the molecule is CCCCN(CCCC)C(=O)/C=C/C=C/c1ccccc1. The Morgan fingerprint density at radius 1 is 1.00 bits per heavy atom. The van der Waals surface area contributed by atoms with Crippen LogP contribution in [-0.2, 0) is 4.79 Å². The van der Waals surface area contributed by atoms with Gasteiger partial charge in [0.15, 0.2) is 0 Å². The minimum atomic E-state index is 0.120. The van der Waals surface area contributed by atoms with Gasteiger partial charge in [-0.3, -0.25) is 4.79 Å². The first-order valence-corrected chi connectivity index (χ1v) is 7.96. The summed E-state index contributed by atoms with van der Waals surface area (Å²) in [5.41, 5.74) is 1.14. The predicted octanol–water partition coefficient (Wildman–Crippen LogP) is 4.68. The third kappa shape index (κ3) is 7.50. The molecule has 0 aliphatic rings. The average molecular weight is 285 g/mol. The van der Waals surface area contributed by atoms with Crippen LogP contribution in [0.5, 0.6) is 0 Å². The number of carbonyl (C=O) groups excluding carboxylic acids is 1. The molecule has 2 heteroatoms. The summed E-state index contributed by atoms with van der Waals surface area (Å²) in [6.45, 7) is 6.03. The van der Waals surface area contributed by atoms with E-state index in [2.05, 4.69) is 13.8 Å². The van der Waals surface area contributed by atoms with Crippen molar-refractivity contribution in [3.63, 3.8) is 0 Å². The number of hydrogen-bond donors (Lipinski definition) is 0. The van der Waals surface area contributed by atoms with Crippen molar-refractivity contribution >= 4 is 12.0 Å². The van der Waals surface area contributed by atoms with E-state index in [1.165, 1.54) is 0 Å². The van der Waals surface area contributed by atoms with Crippen molar-refractivity contribution in [3.8, 4) is 0 Å². The van der Waals surface area contributed by atoms with E-state index < -0.39 is 0 Å². The van der Waals surface area contributed by atoms with E-state index in [-0.39, 0.29) is 5.91 Å². The number of benzene rings is 1. The number of unbranched alkanes of at least 4 members (excludes halogenated alkanes) is 2. The first-order valence-electron chi connectivity index (χ1n) is 7.96. The average Bonchev–Trinajstić information content (AvgIpc) is 2.52. The molecule has 0 unspecified atom stereocenters. The van der Waals surface area contributed by atoms with Crippen molar-refractivity contribution in [2.75, 3.05) is 13.1 Å². The standard InChI is InChI=1S/C19H27NO/c1-3-5-16-20(17-6-4-2)19(21)15-11-10-14-18-12-8-7-9-13-18/h7-15H,3-6,16-17H2,1-2H3/b14-10+,15-11+. The minimum absolute atomic E-state index is 0.120. The Morgan fingerprint density at radius 3 is 2.19 bits per heavy atom. The summed E-state index contributed by atoms with van der Waals surface area (Å²) in [5, 5.41) is 0. The molecule has 0 aliphatic carbocycles. The van der Waals surface area contributed by atoms with E-state index in [1.807, 2.05) is 53.5 Å². The van der Waals surface area contributed by atoms with Gasteiger partial charge in [0.2, 0.25) is 5.91 Å². The molecule has 0 spiro atoms. The largest absolute Gasteiger partial charge is 0.339 e. The van der Waals surface area contributed by atoms with Crippen LogP contribution in [0.1, 0.15) is 45.1 Å². The maximum Gasteiger partial charge on any atom is 0.246 e. The summed E-state index contributed by atoms with van der Waals surface area (Å²) in [6.07, 6.45) is 11.8. The highest BCUT2D eigenvalue weighted by Gasteiger charge is 2.08. The van der Waals surface area contributed by atoms with E-state index >= 15 is 0 Å². The first kappa shape index (κ1) is 17.2. The lowest BCUT2D eigenvalue weighted by atomic mass is 10.2. The predicted molar refractivity (Wildman–Crippen MR) is 91.0 cm³/mol. The molecule has 21 heavy (non-hydrogen) atoms. The summed E-state index contributed by atoms with van der Waals surface area (Å²) in [6, 6.07) is 10.1. The topological polar surface area (TPSA) is 20.3 Å². The smallest absolute Gasteiger partial charge is 0.246 e. The molecule has 1 amide bonds. The van der Waals surface area contributed by atoms with E-state index in [4.69, 9.17) is 0 Å². The zero-order valence-electron chi connectivity index (χ0n) is 13.3. The molecular formula is C19H27NO. The molecule has 0 aromatic heterocycles. The summed E-state index contributed by atoms with van der Waals surface area (Å²) in [7, 11) is 0. The molecule has 1 rings (SSSR count). The fraction of sp³-hybridized carbons (Fsp3) is 0.421. The molecule has 114 valence electrons. The van der Waals surface area contributed by atoms with Gasteiger partial charge in [-0.15, -0.1) is 0 Å². The van der Waals surface area contributed by atoms with Crippen molar-refractivity contribution in [3.05, 3.63) is 54.1 Å². The third-order valence-corrected chi connectivity index (χ3v) is 3.31. The third-order valence-electron chi connectivity index (χ3n) is 3.31. The second-order valence-electron chi connectivity index (χ2n) is 5.16. The number of carbonyl (C=O) groups is 1. The van der Waals surface area contributed by atoms with Crippen LogP contribution >= 0.6 is 0 Å². The van der Waals surface area contributed by atoms with E-state index in [9.17, 15) is 4.79 Å². The molecule has 0 N–H and O–H groups in total. The number of allylic oxidation sites excluding steroid dienone is 2. The fourth-order valence-electron chi connectivity index (χ4n) is 2.00. The van der Waals surface area contributed by atoms with Gasteiger partial charge in [-0.2, -0.15) is 0 Å². The Bertz CT molecular complexity index is 440. The van der Waals surface area contributed by atoms with E-state index in [0.717, 1.165) is 44.3 Å². The molecule has 0 saturated carbocycles. The number of hydrogen-bond acceptors (Lipinski definition) is 1. The molecular weight excluding hydrogens is 258 g/mol. The van der Waals surface area contributed by atoms with Gasteiger partial charge in [0.05, 0.1) is 0 Å². The molecule has 0 atom stereocenters. The Kier molecular flexibility index (Phi) is 8.94. The van der Waals surface area contributed by atoms with Gasteiger partial charge in [-0.25, -0.2) is 0 Å². The van der Waals surface area contributed by atoms with Gasteiger partial charge < -0.3 is 4.90 Å². The zero-order valence-corrected chi connectivity index (χ0v) is 13.3.